The average Bonchev–Trinajstić information content (AvgIpc) is 2.96. The zero-order valence-corrected chi connectivity index (χ0v) is 13.0. The fourth-order valence-electron chi connectivity index (χ4n) is 3.53. The van der Waals surface area contributed by atoms with Gasteiger partial charge in [0, 0.05) is 25.0 Å². The van der Waals surface area contributed by atoms with E-state index >= 15 is 0 Å². The van der Waals surface area contributed by atoms with E-state index in [0.717, 1.165) is 0 Å². The summed E-state index contributed by atoms with van der Waals surface area (Å²) in [6.07, 6.45) is 3.11. The van der Waals surface area contributed by atoms with Crippen molar-refractivity contribution in [3.8, 4) is 0 Å². The molecule has 0 spiro atoms. The molecule has 6 heteroatoms. The number of benzene rings is 1. The number of halogens is 2. The summed E-state index contributed by atoms with van der Waals surface area (Å²) in [6, 6.07) is 3.75. The van der Waals surface area contributed by atoms with Crippen LogP contribution in [0.1, 0.15) is 32.1 Å². The number of nitrogens with zero attached hydrogens (tertiary/aromatic N) is 1. The van der Waals surface area contributed by atoms with E-state index in [1.54, 1.807) is 4.90 Å². The van der Waals surface area contributed by atoms with E-state index in [-0.39, 0.29) is 29.7 Å². The SMILES string of the molecule is O=C(NC1CCN(c2c(F)cccc2F)C1)C1CCC(O)CC1. The van der Waals surface area contributed by atoms with Gasteiger partial charge in [-0.15, -0.1) is 0 Å². The van der Waals surface area contributed by atoms with Gasteiger partial charge in [0.1, 0.15) is 17.3 Å². The summed E-state index contributed by atoms with van der Waals surface area (Å²) in [5, 5.41) is 12.5. The first-order valence-electron chi connectivity index (χ1n) is 8.22. The lowest BCUT2D eigenvalue weighted by molar-refractivity contribution is -0.127. The maximum Gasteiger partial charge on any atom is 0.223 e. The number of amides is 1. The number of carbonyl (C=O) groups excluding carboxylic acids is 1. The van der Waals surface area contributed by atoms with Crippen molar-refractivity contribution in [1.29, 1.82) is 0 Å². The Morgan fingerprint density at radius 3 is 2.43 bits per heavy atom. The molecule has 2 fully saturated rings. The molecule has 1 unspecified atom stereocenters. The monoisotopic (exact) mass is 324 g/mol. The lowest BCUT2D eigenvalue weighted by Crippen LogP contribution is -2.42. The standard InChI is InChI=1S/C17H22F2N2O2/c18-14-2-1-3-15(19)16(14)21-9-8-12(10-21)20-17(23)11-4-6-13(22)7-5-11/h1-3,11-13,22H,4-10H2,(H,20,23). The van der Waals surface area contributed by atoms with Gasteiger partial charge in [-0.05, 0) is 44.2 Å². The Balaban J connectivity index is 1.57. The maximum atomic E-state index is 13.8. The van der Waals surface area contributed by atoms with Crippen LogP contribution >= 0.6 is 0 Å². The normalized spacial score (nSPS) is 28.0. The topological polar surface area (TPSA) is 52.6 Å². The second-order valence-electron chi connectivity index (χ2n) is 6.52. The molecule has 126 valence electrons. The Kier molecular flexibility index (Phi) is 4.80. The van der Waals surface area contributed by atoms with Gasteiger partial charge in [0.15, 0.2) is 0 Å². The van der Waals surface area contributed by atoms with Crippen LogP contribution in [0.3, 0.4) is 0 Å². The second-order valence-corrected chi connectivity index (χ2v) is 6.52. The minimum Gasteiger partial charge on any atom is -0.393 e. The molecule has 0 radical (unpaired) electrons. The molecule has 0 aromatic heterocycles. The average molecular weight is 324 g/mol. The highest BCUT2D eigenvalue weighted by Crippen LogP contribution is 2.28. The molecule has 1 amide bonds. The van der Waals surface area contributed by atoms with Crippen LogP contribution in [-0.4, -0.2) is 36.2 Å². The quantitative estimate of drug-likeness (QED) is 0.896. The fourth-order valence-corrected chi connectivity index (χ4v) is 3.53. The highest BCUT2D eigenvalue weighted by Gasteiger charge is 2.31. The lowest BCUT2D eigenvalue weighted by atomic mass is 9.87. The van der Waals surface area contributed by atoms with Crippen LogP contribution in [0.15, 0.2) is 18.2 Å². The zero-order chi connectivity index (χ0) is 16.4. The molecule has 1 aromatic carbocycles. The van der Waals surface area contributed by atoms with Crippen molar-refractivity contribution in [2.45, 2.75) is 44.2 Å². The first kappa shape index (κ1) is 16.2. The second kappa shape index (κ2) is 6.83. The molecule has 1 heterocycles. The molecule has 23 heavy (non-hydrogen) atoms. The van der Waals surface area contributed by atoms with E-state index in [1.807, 2.05) is 0 Å². The molecule has 3 rings (SSSR count). The Morgan fingerprint density at radius 1 is 1.13 bits per heavy atom. The van der Waals surface area contributed by atoms with Crippen molar-refractivity contribution in [3.05, 3.63) is 29.8 Å². The molecule has 2 aliphatic rings. The van der Waals surface area contributed by atoms with Crippen LogP contribution in [0.25, 0.3) is 0 Å². The highest BCUT2D eigenvalue weighted by atomic mass is 19.1. The smallest absolute Gasteiger partial charge is 0.223 e. The third kappa shape index (κ3) is 3.63. The summed E-state index contributed by atoms with van der Waals surface area (Å²) in [7, 11) is 0. The van der Waals surface area contributed by atoms with Gasteiger partial charge in [-0.25, -0.2) is 8.78 Å². The fraction of sp³-hybridized carbons (Fsp3) is 0.588. The largest absolute Gasteiger partial charge is 0.393 e. The van der Waals surface area contributed by atoms with Crippen molar-refractivity contribution in [3.63, 3.8) is 0 Å². The van der Waals surface area contributed by atoms with E-state index in [4.69, 9.17) is 0 Å². The minimum atomic E-state index is -0.571. The van der Waals surface area contributed by atoms with E-state index in [9.17, 15) is 18.7 Å². The van der Waals surface area contributed by atoms with Crippen molar-refractivity contribution in [1.82, 2.24) is 5.32 Å². The first-order chi connectivity index (χ1) is 11.0. The Bertz CT molecular complexity index is 553. The molecule has 4 nitrogen and oxygen atoms in total. The number of rotatable bonds is 3. The van der Waals surface area contributed by atoms with Crippen LogP contribution < -0.4 is 10.2 Å². The van der Waals surface area contributed by atoms with Gasteiger partial charge in [-0.2, -0.15) is 0 Å². The highest BCUT2D eigenvalue weighted by molar-refractivity contribution is 5.79. The third-order valence-electron chi connectivity index (χ3n) is 4.86. The Morgan fingerprint density at radius 2 is 1.78 bits per heavy atom. The Labute approximate surface area is 134 Å². The third-order valence-corrected chi connectivity index (χ3v) is 4.86. The summed E-state index contributed by atoms with van der Waals surface area (Å²) in [5.41, 5.74) is -0.00922. The van der Waals surface area contributed by atoms with E-state index in [1.165, 1.54) is 18.2 Å². The molecule has 1 saturated heterocycles. The number of anilines is 1. The number of hydrogen-bond donors (Lipinski definition) is 2. The van der Waals surface area contributed by atoms with E-state index in [2.05, 4.69) is 5.32 Å². The predicted molar refractivity (Wildman–Crippen MR) is 83.1 cm³/mol. The zero-order valence-electron chi connectivity index (χ0n) is 13.0. The Hall–Kier alpha value is -1.69. The molecule has 1 aliphatic carbocycles. The number of nitrogens with one attached hydrogen (secondary N) is 1. The maximum absolute atomic E-state index is 13.8. The van der Waals surface area contributed by atoms with Crippen LogP contribution in [0.4, 0.5) is 14.5 Å². The lowest BCUT2D eigenvalue weighted by Gasteiger charge is -2.26. The molecule has 0 bridgehead atoms. The molecule has 2 N–H and O–H groups in total. The van der Waals surface area contributed by atoms with Crippen molar-refractivity contribution in [2.75, 3.05) is 18.0 Å². The number of carbonyl (C=O) groups is 1. The van der Waals surface area contributed by atoms with Gasteiger partial charge in [-0.3, -0.25) is 4.79 Å². The van der Waals surface area contributed by atoms with Crippen molar-refractivity contribution in [2.24, 2.45) is 5.92 Å². The summed E-state index contributed by atoms with van der Waals surface area (Å²) in [5.74, 6) is -1.20. The summed E-state index contributed by atoms with van der Waals surface area (Å²) in [4.78, 5) is 13.9. The number of para-hydroxylation sites is 1. The van der Waals surface area contributed by atoms with Crippen LogP contribution in [0.2, 0.25) is 0 Å². The minimum absolute atomic E-state index is 0.00208. The van der Waals surface area contributed by atoms with E-state index < -0.39 is 11.6 Å². The van der Waals surface area contributed by atoms with Gasteiger partial charge in [-0.1, -0.05) is 6.07 Å². The van der Waals surface area contributed by atoms with Gasteiger partial charge >= 0.3 is 0 Å². The molecular weight excluding hydrogens is 302 g/mol. The van der Waals surface area contributed by atoms with Gasteiger partial charge < -0.3 is 15.3 Å². The number of aliphatic hydroxyl groups is 1. The van der Waals surface area contributed by atoms with Gasteiger partial charge in [0.05, 0.1) is 6.10 Å². The number of hydrogen-bond acceptors (Lipinski definition) is 3. The van der Waals surface area contributed by atoms with Gasteiger partial charge in [0.25, 0.3) is 0 Å². The molecular formula is C17H22F2N2O2. The summed E-state index contributed by atoms with van der Waals surface area (Å²) < 4.78 is 27.7. The summed E-state index contributed by atoms with van der Waals surface area (Å²) in [6.45, 7) is 0.936. The van der Waals surface area contributed by atoms with E-state index in [0.29, 0.717) is 45.2 Å². The first-order valence-corrected chi connectivity index (χ1v) is 8.22. The van der Waals surface area contributed by atoms with Crippen LogP contribution in [0.5, 0.6) is 0 Å². The van der Waals surface area contributed by atoms with Crippen molar-refractivity contribution >= 4 is 11.6 Å². The summed E-state index contributed by atoms with van der Waals surface area (Å²) >= 11 is 0. The van der Waals surface area contributed by atoms with Crippen LogP contribution in [-0.2, 0) is 4.79 Å². The predicted octanol–water partition coefficient (Wildman–Crippen LogP) is 2.21. The number of aliphatic hydroxyl groups excluding tert-OH is 1. The molecule has 1 aliphatic heterocycles. The molecule has 1 saturated carbocycles. The molecule has 1 atom stereocenters. The molecule has 1 aromatic rings. The van der Waals surface area contributed by atoms with Gasteiger partial charge in [0.2, 0.25) is 5.91 Å². The van der Waals surface area contributed by atoms with Crippen molar-refractivity contribution < 1.29 is 18.7 Å². The van der Waals surface area contributed by atoms with Crippen LogP contribution in [0, 0.1) is 17.6 Å².